The average Bonchev–Trinajstić information content (AvgIpc) is 3.37. The third kappa shape index (κ3) is 25.3. The molecule has 77 heavy (non-hydrogen) atoms. The summed E-state index contributed by atoms with van der Waals surface area (Å²) in [6.45, 7) is 5.62. The summed E-state index contributed by atoms with van der Waals surface area (Å²) in [4.78, 5) is 149. The molecule has 0 radical (unpaired) electrons. The van der Waals surface area contributed by atoms with Gasteiger partial charge < -0.3 is 102 Å². The second-order valence-electron chi connectivity index (χ2n) is 19.1. The second-order valence-corrected chi connectivity index (χ2v) is 19.1. The highest BCUT2D eigenvalue weighted by Crippen LogP contribution is 2.13. The van der Waals surface area contributed by atoms with Gasteiger partial charge in [-0.25, -0.2) is 0 Å². The zero-order valence-electron chi connectivity index (χ0n) is 45.0. The lowest BCUT2D eigenvalue weighted by atomic mass is 10.0. The molecule has 0 aromatic carbocycles. The summed E-state index contributed by atoms with van der Waals surface area (Å²) in [7, 11) is 0. The van der Waals surface area contributed by atoms with Crippen LogP contribution in [0.2, 0.25) is 0 Å². The third-order valence-corrected chi connectivity index (χ3v) is 12.5. The van der Waals surface area contributed by atoms with Crippen LogP contribution in [-0.4, -0.2) is 199 Å². The maximum Gasteiger partial charge on any atom is 0.245 e. The van der Waals surface area contributed by atoms with E-state index in [1.807, 2.05) is 0 Å². The van der Waals surface area contributed by atoms with Gasteiger partial charge in [-0.1, -0.05) is 33.1 Å². The first-order chi connectivity index (χ1) is 36.4. The van der Waals surface area contributed by atoms with Gasteiger partial charge in [-0.3, -0.25) is 52.7 Å². The van der Waals surface area contributed by atoms with Crippen molar-refractivity contribution < 1.29 is 68.1 Å². The summed E-state index contributed by atoms with van der Waals surface area (Å²) < 4.78 is 0. The maximum absolute atomic E-state index is 14.1. The molecule has 30 nitrogen and oxygen atoms in total. The van der Waals surface area contributed by atoms with Crippen LogP contribution in [0.25, 0.3) is 0 Å². The van der Waals surface area contributed by atoms with Crippen LogP contribution >= 0.6 is 0 Å². The summed E-state index contributed by atoms with van der Waals surface area (Å²) in [5.41, 5.74) is 28.8. The van der Waals surface area contributed by atoms with Crippen molar-refractivity contribution in [1.82, 2.24) is 58.5 Å². The van der Waals surface area contributed by atoms with Crippen molar-refractivity contribution in [2.24, 2.45) is 34.6 Å². The number of aliphatic hydroxyl groups is 3. The van der Waals surface area contributed by atoms with E-state index in [1.165, 1.54) is 13.8 Å². The Morgan fingerprint density at radius 3 is 1.58 bits per heavy atom. The standard InChI is InChI=1S/C47H88N16O14/c1-6-24(2)9-7-8-10-34(67)55-29(12-18-49)43(73)63-38(27(5)66)47(77)60-31(14-20-51)41(71)58-33-16-22-53-45(75)36(25(3)64)62-44(74)32(15-21-52)57-40(70)30(13-19-50)59-46(76)37(26(4)65)61-35(68)23-54-39(69)28(11-17-48)56-42(33)72/h24-33,36-38,64-66H,6-23,48-52H2,1-5H3,(H,53,75)(H,54,69)(H,55,67)(H,56,72)(H,57,70)(H,58,71)(H,59,76)(H,60,77)(H,61,68)(H,62,74)(H,63,73)/t24-,25+,26+,27+,28-,29-,30-,31-,32-,33-,36-,37-,38-/m0/s1. The number of nitrogens with one attached hydrogen (secondary N) is 11. The molecule has 0 saturated carbocycles. The molecule has 24 N–H and O–H groups in total. The summed E-state index contributed by atoms with van der Waals surface area (Å²) in [5, 5.41) is 58.3. The van der Waals surface area contributed by atoms with Crippen molar-refractivity contribution in [3.05, 3.63) is 0 Å². The van der Waals surface area contributed by atoms with Crippen molar-refractivity contribution in [2.75, 3.05) is 45.8 Å². The van der Waals surface area contributed by atoms with Crippen molar-refractivity contribution in [3.8, 4) is 0 Å². The van der Waals surface area contributed by atoms with Crippen LogP contribution < -0.4 is 87.2 Å². The molecule has 30 heteroatoms. The second kappa shape index (κ2) is 36.8. The quantitative estimate of drug-likeness (QED) is 0.0358. The molecule has 0 spiro atoms. The predicted molar refractivity (Wildman–Crippen MR) is 279 cm³/mol. The maximum atomic E-state index is 14.1. The SMILES string of the molecule is CC[C@H](C)CCCCC(=O)N[C@@H](CCN)C(=O)N[C@H](C(=O)N[C@@H](CCN)C(=O)N[C@H]1CCNC(=O)[C@H]([C@@H](C)O)NC(=O)[C@H](CCN)NC(=O)[C@H](CCN)NC(=O)[C@H]([C@@H](C)O)NC(=O)CNC(=O)[C@H](CCN)NC1=O)[C@@H](C)O. The first kappa shape index (κ1) is 68.9. The largest absolute Gasteiger partial charge is 0.391 e. The summed E-state index contributed by atoms with van der Waals surface area (Å²) >= 11 is 0. The van der Waals surface area contributed by atoms with Gasteiger partial charge in [0.05, 0.1) is 24.9 Å². The van der Waals surface area contributed by atoms with Crippen LogP contribution in [0.3, 0.4) is 0 Å². The lowest BCUT2D eigenvalue weighted by Gasteiger charge is -2.28. The van der Waals surface area contributed by atoms with Crippen molar-refractivity contribution in [2.45, 2.75) is 178 Å². The predicted octanol–water partition coefficient (Wildman–Crippen LogP) is -8.52. The van der Waals surface area contributed by atoms with Crippen molar-refractivity contribution in [3.63, 3.8) is 0 Å². The van der Waals surface area contributed by atoms with Gasteiger partial charge in [0.1, 0.15) is 54.4 Å². The fraction of sp³-hybridized carbons (Fsp3) is 0.766. The van der Waals surface area contributed by atoms with Crippen molar-refractivity contribution in [1.29, 1.82) is 0 Å². The van der Waals surface area contributed by atoms with E-state index in [9.17, 15) is 68.1 Å². The van der Waals surface area contributed by atoms with Crippen molar-refractivity contribution >= 4 is 65.0 Å². The smallest absolute Gasteiger partial charge is 0.245 e. The Morgan fingerprint density at radius 2 is 1.06 bits per heavy atom. The number of nitrogens with two attached hydrogens (primary N) is 5. The van der Waals surface area contributed by atoms with Gasteiger partial charge in [0.25, 0.3) is 0 Å². The lowest BCUT2D eigenvalue weighted by Crippen LogP contribution is -2.61. The van der Waals surface area contributed by atoms with Crippen LogP contribution in [0.15, 0.2) is 0 Å². The molecule has 1 fully saturated rings. The number of carbonyl (C=O) groups excluding carboxylic acids is 11. The van der Waals surface area contributed by atoms with Crippen LogP contribution in [-0.2, 0) is 52.7 Å². The third-order valence-electron chi connectivity index (χ3n) is 12.5. The molecule has 1 saturated heterocycles. The molecule has 1 aliphatic heterocycles. The first-order valence-corrected chi connectivity index (χ1v) is 26.2. The first-order valence-electron chi connectivity index (χ1n) is 26.2. The number of rotatable bonds is 26. The molecule has 0 bridgehead atoms. The van der Waals surface area contributed by atoms with E-state index in [1.54, 1.807) is 0 Å². The van der Waals surface area contributed by atoms with Gasteiger partial charge in [-0.2, -0.15) is 0 Å². The normalized spacial score (nSPS) is 23.5. The van der Waals surface area contributed by atoms with E-state index < -0.39 is 157 Å². The molecule has 0 aliphatic carbocycles. The highest BCUT2D eigenvalue weighted by molar-refractivity contribution is 5.98. The molecule has 0 aromatic rings. The fourth-order valence-electron chi connectivity index (χ4n) is 7.72. The minimum atomic E-state index is -1.71. The summed E-state index contributed by atoms with van der Waals surface area (Å²) in [5.74, 6) is -9.93. The van der Waals surface area contributed by atoms with E-state index in [4.69, 9.17) is 28.7 Å². The average molecular weight is 1100 g/mol. The Labute approximate surface area is 448 Å². The van der Waals surface area contributed by atoms with Gasteiger partial charge in [-0.15, -0.1) is 0 Å². The zero-order chi connectivity index (χ0) is 58.4. The Morgan fingerprint density at radius 1 is 0.558 bits per heavy atom. The minimum Gasteiger partial charge on any atom is -0.391 e. The number of hydrogen-bond donors (Lipinski definition) is 19. The number of aliphatic hydroxyl groups excluding tert-OH is 3. The number of carbonyl (C=O) groups is 11. The van der Waals surface area contributed by atoms with Crippen LogP contribution in [0.4, 0.5) is 0 Å². The zero-order valence-corrected chi connectivity index (χ0v) is 45.0. The van der Waals surface area contributed by atoms with Gasteiger partial charge in [0.15, 0.2) is 0 Å². The molecule has 1 rings (SSSR count). The molecule has 11 amide bonds. The highest BCUT2D eigenvalue weighted by Gasteiger charge is 2.37. The highest BCUT2D eigenvalue weighted by atomic mass is 16.3. The monoisotopic (exact) mass is 1100 g/mol. The van der Waals surface area contributed by atoms with E-state index in [2.05, 4.69) is 72.3 Å². The Kier molecular flexibility index (Phi) is 32.9. The summed E-state index contributed by atoms with van der Waals surface area (Å²) in [6, 6.07) is -13.9. The van der Waals surface area contributed by atoms with E-state index >= 15 is 0 Å². The lowest BCUT2D eigenvalue weighted by molar-refractivity contribution is -0.137. The number of hydrogen-bond acceptors (Lipinski definition) is 19. The molecule has 440 valence electrons. The Bertz CT molecular complexity index is 1950. The van der Waals surface area contributed by atoms with Gasteiger partial charge in [-0.05, 0) is 104 Å². The Hall–Kier alpha value is -6.15. The number of unbranched alkanes of at least 4 members (excludes halogenated alkanes) is 1. The van der Waals surface area contributed by atoms with Gasteiger partial charge in [0, 0.05) is 13.0 Å². The van der Waals surface area contributed by atoms with Gasteiger partial charge in [0.2, 0.25) is 65.0 Å². The van der Waals surface area contributed by atoms with E-state index in [0.29, 0.717) is 12.3 Å². The van der Waals surface area contributed by atoms with Crippen LogP contribution in [0.5, 0.6) is 0 Å². The molecule has 1 aliphatic rings. The molecule has 0 aromatic heterocycles. The van der Waals surface area contributed by atoms with E-state index in [-0.39, 0.29) is 71.2 Å². The van der Waals surface area contributed by atoms with Crippen LogP contribution in [0, 0.1) is 5.92 Å². The van der Waals surface area contributed by atoms with E-state index in [0.717, 1.165) is 26.2 Å². The summed E-state index contributed by atoms with van der Waals surface area (Å²) in [6.07, 6.45) is -2.69. The topological polar surface area (TPSA) is 511 Å². The Balaban J connectivity index is 3.62. The van der Waals surface area contributed by atoms with Crippen LogP contribution in [0.1, 0.15) is 105 Å². The van der Waals surface area contributed by atoms with Gasteiger partial charge >= 0.3 is 0 Å². The number of amides is 11. The molecule has 13 atom stereocenters. The molecule has 0 unspecified atom stereocenters. The minimum absolute atomic E-state index is 0.0200. The fourth-order valence-corrected chi connectivity index (χ4v) is 7.72. The molecular weight excluding hydrogens is 1010 g/mol. The molecule has 1 heterocycles. The molecular formula is C47H88N16O14.